The van der Waals surface area contributed by atoms with Crippen LogP contribution in [-0.4, -0.2) is 23.0 Å². The second-order valence-electron chi connectivity index (χ2n) is 5.69. The van der Waals surface area contributed by atoms with Crippen molar-refractivity contribution in [1.29, 1.82) is 0 Å². The molecule has 3 aromatic rings. The Labute approximate surface area is 152 Å². The molecule has 0 aliphatic carbocycles. The molecule has 1 aliphatic rings. The molecule has 2 aromatic heterocycles. The summed E-state index contributed by atoms with van der Waals surface area (Å²) in [6.07, 6.45) is -0.463. The van der Waals surface area contributed by atoms with Crippen LogP contribution in [0.15, 0.2) is 41.8 Å². The number of aromatic nitrogens is 1. The Bertz CT molecular complexity index is 961. The van der Waals surface area contributed by atoms with Gasteiger partial charge in [-0.3, -0.25) is 10.1 Å². The molecule has 1 unspecified atom stereocenters. The van der Waals surface area contributed by atoms with E-state index in [0.717, 1.165) is 16.1 Å². The molecule has 1 aromatic carbocycles. The van der Waals surface area contributed by atoms with E-state index in [1.165, 1.54) is 16.2 Å². The molecule has 3 heterocycles. The molecule has 126 valence electrons. The molecule has 0 radical (unpaired) electrons. The van der Waals surface area contributed by atoms with Crippen LogP contribution in [0.3, 0.4) is 0 Å². The van der Waals surface area contributed by atoms with Gasteiger partial charge in [-0.05, 0) is 30.7 Å². The third-order valence-electron chi connectivity index (χ3n) is 3.91. The number of fused-ring (bicyclic) bond motifs is 1. The minimum absolute atomic E-state index is 0.355. The number of thiazole rings is 1. The molecular formula is C18H14N2O3S2. The molecule has 4 rings (SSSR count). The predicted molar refractivity (Wildman–Crippen MR) is 98.1 cm³/mol. The maximum absolute atomic E-state index is 12.5. The van der Waals surface area contributed by atoms with Gasteiger partial charge in [0.15, 0.2) is 11.2 Å². The van der Waals surface area contributed by atoms with Crippen molar-refractivity contribution in [3.05, 3.63) is 57.8 Å². The molecule has 0 fully saturated rings. The van der Waals surface area contributed by atoms with Crippen molar-refractivity contribution < 1.29 is 14.3 Å². The Morgan fingerprint density at radius 2 is 2.12 bits per heavy atom. The highest BCUT2D eigenvalue weighted by molar-refractivity contribution is 7.17. The van der Waals surface area contributed by atoms with Gasteiger partial charge in [-0.25, -0.2) is 9.78 Å². The monoisotopic (exact) mass is 370 g/mol. The van der Waals surface area contributed by atoms with Crippen molar-refractivity contribution in [2.75, 3.05) is 5.32 Å². The number of anilines is 1. The first-order valence-electron chi connectivity index (χ1n) is 7.72. The van der Waals surface area contributed by atoms with E-state index >= 15 is 0 Å². The summed E-state index contributed by atoms with van der Waals surface area (Å²) in [6, 6.07) is 11.2. The number of carbonyl (C=O) groups excluding carboxylic acids is 2. The maximum Gasteiger partial charge on any atom is 0.339 e. The van der Waals surface area contributed by atoms with Crippen LogP contribution in [0.2, 0.25) is 0 Å². The first-order valence-corrected chi connectivity index (χ1v) is 9.42. The van der Waals surface area contributed by atoms with Crippen molar-refractivity contribution in [1.82, 2.24) is 4.98 Å². The second-order valence-corrected chi connectivity index (χ2v) is 7.84. The summed E-state index contributed by atoms with van der Waals surface area (Å²) in [5.41, 5.74) is 2.19. The number of aryl methyl sites for hydroxylation is 1. The number of amides is 1. The van der Waals surface area contributed by atoms with E-state index < -0.39 is 12.1 Å². The van der Waals surface area contributed by atoms with Gasteiger partial charge in [0.25, 0.3) is 5.91 Å². The molecule has 1 atom stereocenters. The molecule has 7 heteroatoms. The van der Waals surface area contributed by atoms with E-state index in [1.807, 2.05) is 36.6 Å². The Morgan fingerprint density at radius 3 is 2.92 bits per heavy atom. The number of carbonyl (C=O) groups is 2. The normalized spacial score (nSPS) is 16.2. The van der Waals surface area contributed by atoms with Crippen LogP contribution < -0.4 is 5.32 Å². The summed E-state index contributed by atoms with van der Waals surface area (Å²) < 4.78 is 5.27. The van der Waals surface area contributed by atoms with Crippen LogP contribution in [0.5, 0.6) is 0 Å². The molecule has 5 nitrogen and oxygen atoms in total. The van der Waals surface area contributed by atoms with Crippen molar-refractivity contribution in [2.24, 2.45) is 0 Å². The summed E-state index contributed by atoms with van der Waals surface area (Å²) in [6.45, 7) is 2.04. The molecule has 0 saturated heterocycles. The van der Waals surface area contributed by atoms with Gasteiger partial charge in [0, 0.05) is 16.7 Å². The maximum atomic E-state index is 12.5. The molecule has 1 amide bonds. The Balaban J connectivity index is 1.48. The fourth-order valence-electron chi connectivity index (χ4n) is 2.68. The van der Waals surface area contributed by atoms with Gasteiger partial charge in [0.05, 0.1) is 16.1 Å². The van der Waals surface area contributed by atoms with E-state index in [0.29, 0.717) is 17.1 Å². The van der Waals surface area contributed by atoms with Gasteiger partial charge in [0.1, 0.15) is 0 Å². The van der Waals surface area contributed by atoms with Crippen LogP contribution in [-0.2, 0) is 16.0 Å². The summed E-state index contributed by atoms with van der Waals surface area (Å²) in [5.74, 6) is -0.818. The van der Waals surface area contributed by atoms with Crippen LogP contribution in [0.1, 0.15) is 20.8 Å². The van der Waals surface area contributed by atoms with E-state index in [-0.39, 0.29) is 5.91 Å². The lowest BCUT2D eigenvalue weighted by Crippen LogP contribution is -2.37. The Kier molecular flexibility index (Phi) is 4.10. The zero-order valence-corrected chi connectivity index (χ0v) is 14.9. The molecule has 1 N–H and O–H groups in total. The first kappa shape index (κ1) is 16.0. The number of esters is 1. The van der Waals surface area contributed by atoms with Gasteiger partial charge in [-0.15, -0.1) is 22.7 Å². The highest BCUT2D eigenvalue weighted by Crippen LogP contribution is 2.30. The smallest absolute Gasteiger partial charge is 0.339 e. The first-order chi connectivity index (χ1) is 12.1. The van der Waals surface area contributed by atoms with Crippen molar-refractivity contribution >= 4 is 39.7 Å². The molecule has 25 heavy (non-hydrogen) atoms. The highest BCUT2D eigenvalue weighted by Gasteiger charge is 2.31. The van der Waals surface area contributed by atoms with E-state index in [1.54, 1.807) is 23.5 Å². The number of cyclic esters (lactones) is 1. The van der Waals surface area contributed by atoms with Gasteiger partial charge in [-0.2, -0.15) is 0 Å². The summed E-state index contributed by atoms with van der Waals surface area (Å²) in [5, 5.41) is 5.16. The predicted octanol–water partition coefficient (Wildman–Crippen LogP) is 3.90. The van der Waals surface area contributed by atoms with Crippen molar-refractivity contribution in [2.45, 2.75) is 19.4 Å². The fourth-order valence-corrected chi connectivity index (χ4v) is 4.30. The lowest BCUT2D eigenvalue weighted by Gasteiger charge is -2.23. The zero-order valence-electron chi connectivity index (χ0n) is 13.3. The van der Waals surface area contributed by atoms with E-state index in [2.05, 4.69) is 10.3 Å². The van der Waals surface area contributed by atoms with Crippen molar-refractivity contribution in [3.63, 3.8) is 0 Å². The molecule has 0 bridgehead atoms. The number of hydrogen-bond donors (Lipinski definition) is 1. The largest absolute Gasteiger partial charge is 0.448 e. The SMILES string of the molecule is Cc1ccc(-c2csc(NC(=O)C3Cc4ccccc4C(=O)O3)n2)s1. The average molecular weight is 370 g/mol. The van der Waals surface area contributed by atoms with Gasteiger partial charge < -0.3 is 4.74 Å². The van der Waals surface area contributed by atoms with E-state index in [9.17, 15) is 9.59 Å². The van der Waals surface area contributed by atoms with Crippen LogP contribution in [0.25, 0.3) is 10.6 Å². The Hall–Kier alpha value is -2.51. The number of ether oxygens (including phenoxy) is 1. The quantitative estimate of drug-likeness (QED) is 0.710. The van der Waals surface area contributed by atoms with Crippen LogP contribution in [0.4, 0.5) is 5.13 Å². The second kappa shape index (κ2) is 6.42. The van der Waals surface area contributed by atoms with E-state index in [4.69, 9.17) is 4.74 Å². The van der Waals surface area contributed by atoms with Gasteiger partial charge in [-0.1, -0.05) is 18.2 Å². The number of rotatable bonds is 3. The number of nitrogens with zero attached hydrogens (tertiary/aromatic N) is 1. The van der Waals surface area contributed by atoms with Crippen LogP contribution >= 0.6 is 22.7 Å². The minimum Gasteiger partial charge on any atom is -0.448 e. The van der Waals surface area contributed by atoms with Crippen molar-refractivity contribution in [3.8, 4) is 10.6 Å². The number of hydrogen-bond acceptors (Lipinski definition) is 6. The van der Waals surface area contributed by atoms with Gasteiger partial charge >= 0.3 is 5.97 Å². The molecule has 1 aliphatic heterocycles. The number of thiophene rings is 1. The minimum atomic E-state index is -0.835. The Morgan fingerprint density at radius 1 is 1.28 bits per heavy atom. The summed E-state index contributed by atoms with van der Waals surface area (Å²) >= 11 is 3.01. The molecule has 0 saturated carbocycles. The average Bonchev–Trinajstić information content (AvgIpc) is 3.23. The fraction of sp³-hybridized carbons (Fsp3) is 0.167. The molecular weight excluding hydrogens is 356 g/mol. The lowest BCUT2D eigenvalue weighted by molar-refractivity contribution is -0.125. The third-order valence-corrected chi connectivity index (χ3v) is 5.69. The summed E-state index contributed by atoms with van der Waals surface area (Å²) in [7, 11) is 0. The summed E-state index contributed by atoms with van der Waals surface area (Å²) in [4.78, 5) is 31.2. The standard InChI is InChI=1S/C18H14N2O3S2/c1-10-6-7-15(25-10)13-9-24-18(19-13)20-16(21)14-8-11-4-2-3-5-12(11)17(22)23-14/h2-7,9,14H,8H2,1H3,(H,19,20,21). The van der Waals surface area contributed by atoms with Gasteiger partial charge in [0.2, 0.25) is 0 Å². The molecule has 0 spiro atoms. The zero-order chi connectivity index (χ0) is 17.4. The number of benzene rings is 1. The topological polar surface area (TPSA) is 68.3 Å². The lowest BCUT2D eigenvalue weighted by atomic mass is 9.98. The number of nitrogens with one attached hydrogen (secondary N) is 1. The highest BCUT2D eigenvalue weighted by atomic mass is 32.1. The third kappa shape index (κ3) is 3.20. The van der Waals surface area contributed by atoms with Crippen LogP contribution in [0, 0.1) is 6.92 Å².